The van der Waals surface area contributed by atoms with Crippen molar-refractivity contribution in [1.29, 1.82) is 0 Å². The summed E-state index contributed by atoms with van der Waals surface area (Å²) in [4.78, 5) is 30.3. The molecule has 0 N–H and O–H groups in total. The van der Waals surface area contributed by atoms with E-state index >= 15 is 0 Å². The van der Waals surface area contributed by atoms with E-state index in [1.807, 2.05) is 0 Å². The van der Waals surface area contributed by atoms with Crippen molar-refractivity contribution in [2.45, 2.75) is 246 Å². The third kappa shape index (κ3) is 34.3. The fourth-order valence-corrected chi connectivity index (χ4v) is 8.95. The number of ether oxygens (including phenoxy) is 2. The van der Waals surface area contributed by atoms with Gasteiger partial charge in [0.2, 0.25) is 0 Å². The normalized spacial score (nSPS) is 14.0. The van der Waals surface area contributed by atoms with Crippen molar-refractivity contribution >= 4 is 11.9 Å². The quantitative estimate of drug-likeness (QED) is 0.0452. The monoisotopic (exact) mass is 805 g/mol. The first kappa shape index (κ1) is 53.9. The number of carbonyl (C=O) groups excluding carboxylic acids is 2. The lowest BCUT2D eigenvalue weighted by Crippen LogP contribution is -2.46. The van der Waals surface area contributed by atoms with Crippen LogP contribution in [-0.4, -0.2) is 74.7 Å². The molecule has 0 amide bonds. The molecule has 1 aliphatic rings. The average Bonchev–Trinajstić information content (AvgIpc) is 3.20. The third-order valence-electron chi connectivity index (χ3n) is 12.9. The minimum absolute atomic E-state index is 0.0414. The van der Waals surface area contributed by atoms with E-state index in [9.17, 15) is 9.59 Å². The zero-order valence-corrected chi connectivity index (χ0v) is 39.3. The molecule has 1 heterocycles. The van der Waals surface area contributed by atoms with Gasteiger partial charge >= 0.3 is 11.9 Å². The Kier molecular flexibility index (Phi) is 38.1. The molecule has 1 saturated heterocycles. The molecule has 0 spiro atoms. The van der Waals surface area contributed by atoms with Gasteiger partial charge in [-0.05, 0) is 76.2 Å². The fraction of sp³-hybridized carbons (Fsp3) is 0.961. The van der Waals surface area contributed by atoms with Gasteiger partial charge in [0.15, 0.2) is 0 Å². The highest BCUT2D eigenvalue weighted by Gasteiger charge is 2.19. The van der Waals surface area contributed by atoms with Crippen LogP contribution in [0.4, 0.5) is 0 Å². The topological polar surface area (TPSA) is 59.1 Å². The summed E-state index contributed by atoms with van der Waals surface area (Å²) >= 11 is 0. The summed E-state index contributed by atoms with van der Waals surface area (Å²) in [6, 6.07) is 0. The van der Waals surface area contributed by atoms with Crippen molar-refractivity contribution in [3.8, 4) is 0 Å². The van der Waals surface area contributed by atoms with Gasteiger partial charge in [0.25, 0.3) is 0 Å². The predicted molar refractivity (Wildman–Crippen MR) is 246 cm³/mol. The molecule has 57 heavy (non-hydrogen) atoms. The Morgan fingerprint density at radius 1 is 0.404 bits per heavy atom. The van der Waals surface area contributed by atoms with Crippen LogP contribution in [0.3, 0.4) is 0 Å². The molecule has 1 rings (SSSR count). The van der Waals surface area contributed by atoms with Crippen LogP contribution in [0.2, 0.25) is 0 Å². The molecular weight excluding hydrogens is 705 g/mol. The van der Waals surface area contributed by atoms with E-state index < -0.39 is 0 Å². The van der Waals surface area contributed by atoms with Crippen molar-refractivity contribution in [3.05, 3.63) is 0 Å². The third-order valence-corrected chi connectivity index (χ3v) is 12.9. The molecule has 338 valence electrons. The maximum atomic E-state index is 12.5. The molecule has 6 heteroatoms. The summed E-state index contributed by atoms with van der Waals surface area (Å²) in [5, 5.41) is 0. The van der Waals surface area contributed by atoms with Gasteiger partial charge in [0.05, 0.1) is 13.2 Å². The molecule has 0 unspecified atom stereocenters. The van der Waals surface area contributed by atoms with Crippen LogP contribution in [0.5, 0.6) is 0 Å². The Bertz CT molecular complexity index is 797. The lowest BCUT2D eigenvalue weighted by atomic mass is 9.92. The van der Waals surface area contributed by atoms with E-state index in [2.05, 4.69) is 44.5 Å². The Morgan fingerprint density at radius 3 is 1.05 bits per heavy atom. The Hall–Kier alpha value is -1.14. The molecule has 1 fully saturated rings. The van der Waals surface area contributed by atoms with Crippen LogP contribution in [0.15, 0.2) is 0 Å². The Balaban J connectivity index is 2.18. The summed E-state index contributed by atoms with van der Waals surface area (Å²) in [6.45, 7) is 16.4. The molecule has 0 atom stereocenters. The number of nitrogens with zero attached hydrogens (tertiary/aromatic N) is 2. The molecule has 0 aromatic heterocycles. The van der Waals surface area contributed by atoms with Gasteiger partial charge in [-0.1, -0.05) is 182 Å². The van der Waals surface area contributed by atoms with Crippen LogP contribution in [0, 0.1) is 17.8 Å². The second kappa shape index (κ2) is 40.3. The van der Waals surface area contributed by atoms with Crippen molar-refractivity contribution in [3.63, 3.8) is 0 Å². The molecule has 0 aromatic carbocycles. The first-order chi connectivity index (χ1) is 27.9. The van der Waals surface area contributed by atoms with Gasteiger partial charge in [0, 0.05) is 45.6 Å². The second-order valence-corrected chi connectivity index (χ2v) is 18.6. The number of rotatable bonds is 42. The molecule has 1 aliphatic heterocycles. The van der Waals surface area contributed by atoms with E-state index in [0.717, 1.165) is 18.8 Å². The highest BCUT2D eigenvalue weighted by atomic mass is 16.5. The second-order valence-electron chi connectivity index (χ2n) is 18.6. The standard InChI is InChI=1S/C51H100N2O4/c1-6-10-24-32-47(33-25-11-7-2)44-50(54)56-42-30-22-18-14-16-20-28-36-49(46-53-40-38-52(5)39-41-53)37-29-21-17-15-19-23-31-43-57-51(55)45-48(34-26-12-8-3)35-27-13-9-4/h47-49H,6-46H2,1-5H3. The van der Waals surface area contributed by atoms with Crippen molar-refractivity contribution < 1.29 is 19.1 Å². The van der Waals surface area contributed by atoms with Crippen LogP contribution in [0.1, 0.15) is 246 Å². The molecule has 0 saturated carbocycles. The number of esters is 2. The Morgan fingerprint density at radius 2 is 0.702 bits per heavy atom. The Labute approximate surface area is 356 Å². The molecule has 0 aliphatic carbocycles. The highest BCUT2D eigenvalue weighted by molar-refractivity contribution is 5.70. The van der Waals surface area contributed by atoms with Crippen molar-refractivity contribution in [2.24, 2.45) is 17.8 Å². The van der Waals surface area contributed by atoms with E-state index in [1.54, 1.807) is 0 Å². The molecule has 0 radical (unpaired) electrons. The van der Waals surface area contributed by atoms with Crippen molar-refractivity contribution in [1.82, 2.24) is 9.80 Å². The van der Waals surface area contributed by atoms with E-state index in [0.29, 0.717) is 37.9 Å². The van der Waals surface area contributed by atoms with E-state index in [1.165, 1.54) is 225 Å². The lowest BCUT2D eigenvalue weighted by molar-refractivity contribution is -0.146. The zero-order valence-electron chi connectivity index (χ0n) is 39.3. The highest BCUT2D eigenvalue weighted by Crippen LogP contribution is 2.24. The van der Waals surface area contributed by atoms with Gasteiger partial charge in [-0.3, -0.25) is 9.59 Å². The largest absolute Gasteiger partial charge is 0.466 e. The number of likely N-dealkylation sites (N-methyl/N-ethyl adjacent to an activating group) is 1. The van der Waals surface area contributed by atoms with Crippen LogP contribution in [0.25, 0.3) is 0 Å². The summed E-state index contributed by atoms with van der Waals surface area (Å²) in [7, 11) is 2.26. The number of hydrogen-bond acceptors (Lipinski definition) is 6. The maximum Gasteiger partial charge on any atom is 0.306 e. The number of carbonyl (C=O) groups is 2. The molecular formula is C51H100N2O4. The smallest absolute Gasteiger partial charge is 0.306 e. The van der Waals surface area contributed by atoms with E-state index in [-0.39, 0.29) is 11.9 Å². The van der Waals surface area contributed by atoms with Crippen LogP contribution < -0.4 is 0 Å². The SMILES string of the molecule is CCCCCC(CCCCC)CC(=O)OCCCCCCCCCC(CCCCCCCCCOC(=O)CC(CCCCC)CCCCC)CN1CCN(C)CC1. The number of hydrogen-bond donors (Lipinski definition) is 0. The van der Waals surface area contributed by atoms with E-state index in [4.69, 9.17) is 9.47 Å². The first-order valence-electron chi connectivity index (χ1n) is 25.6. The van der Waals surface area contributed by atoms with Gasteiger partial charge in [-0.25, -0.2) is 0 Å². The minimum atomic E-state index is 0.0414. The fourth-order valence-electron chi connectivity index (χ4n) is 8.95. The summed E-state index contributed by atoms with van der Waals surface area (Å²) in [5.74, 6) is 1.96. The van der Waals surface area contributed by atoms with Crippen LogP contribution >= 0.6 is 0 Å². The molecule has 6 nitrogen and oxygen atoms in total. The summed E-state index contributed by atoms with van der Waals surface area (Å²) < 4.78 is 11.4. The first-order valence-corrected chi connectivity index (χ1v) is 25.6. The zero-order chi connectivity index (χ0) is 41.4. The summed E-state index contributed by atoms with van der Waals surface area (Å²) in [5.41, 5.74) is 0. The van der Waals surface area contributed by atoms with Gasteiger partial charge < -0.3 is 19.3 Å². The maximum absolute atomic E-state index is 12.5. The predicted octanol–water partition coefficient (Wildman–Crippen LogP) is 14.5. The molecule has 0 aromatic rings. The van der Waals surface area contributed by atoms with Crippen LogP contribution in [-0.2, 0) is 19.1 Å². The van der Waals surface area contributed by atoms with Crippen molar-refractivity contribution in [2.75, 3.05) is 53.0 Å². The lowest BCUT2D eigenvalue weighted by Gasteiger charge is -2.34. The summed E-state index contributed by atoms with van der Waals surface area (Å²) in [6.07, 6.45) is 41.6. The van der Waals surface area contributed by atoms with Gasteiger partial charge in [-0.15, -0.1) is 0 Å². The van der Waals surface area contributed by atoms with Gasteiger partial charge in [0.1, 0.15) is 0 Å². The number of piperazine rings is 1. The minimum Gasteiger partial charge on any atom is -0.466 e. The molecule has 0 bridgehead atoms. The number of unbranched alkanes of at least 4 members (excludes halogenated alkanes) is 20. The average molecular weight is 805 g/mol. The van der Waals surface area contributed by atoms with Gasteiger partial charge in [-0.2, -0.15) is 0 Å².